The second kappa shape index (κ2) is 9.17. The molecule has 202 valence electrons. The number of ether oxygens (including phenoxy) is 3. The van der Waals surface area contributed by atoms with Gasteiger partial charge in [-0.25, -0.2) is 0 Å². The van der Waals surface area contributed by atoms with Crippen LogP contribution in [0.1, 0.15) is 34.7 Å². The molecule has 3 aliphatic heterocycles. The van der Waals surface area contributed by atoms with Gasteiger partial charge in [-0.3, -0.25) is 0 Å². The van der Waals surface area contributed by atoms with Crippen molar-refractivity contribution in [1.29, 1.82) is 0 Å². The van der Waals surface area contributed by atoms with Crippen LogP contribution in [0, 0.1) is 0 Å². The van der Waals surface area contributed by atoms with E-state index < -0.39 is 5.60 Å². The molecular weight excluding hydrogens is 506 g/mol. The molecule has 0 amide bonds. The van der Waals surface area contributed by atoms with Crippen molar-refractivity contribution in [3.8, 4) is 17.2 Å². The highest BCUT2D eigenvalue weighted by atomic mass is 16.5. The molecule has 0 aromatic heterocycles. The fourth-order valence-corrected chi connectivity index (χ4v) is 6.80. The van der Waals surface area contributed by atoms with E-state index in [0.717, 1.165) is 53.3 Å². The molecule has 2 unspecified atom stereocenters. The minimum atomic E-state index is -0.803. The lowest BCUT2D eigenvalue weighted by Crippen LogP contribution is -2.34. The summed E-state index contributed by atoms with van der Waals surface area (Å²) in [6, 6.07) is 34.4. The lowest BCUT2D eigenvalue weighted by atomic mass is 9.82. The predicted molar refractivity (Wildman–Crippen MR) is 165 cm³/mol. The summed E-state index contributed by atoms with van der Waals surface area (Å²) in [5, 5.41) is 2.43. The molecule has 0 aliphatic carbocycles. The Hall–Kier alpha value is -4.70. The summed E-state index contributed by atoms with van der Waals surface area (Å²) >= 11 is 0. The van der Waals surface area contributed by atoms with Crippen LogP contribution in [-0.2, 0) is 18.4 Å². The maximum absolute atomic E-state index is 7.25. The van der Waals surface area contributed by atoms with Crippen molar-refractivity contribution >= 4 is 28.2 Å². The van der Waals surface area contributed by atoms with Gasteiger partial charge in [0.05, 0.1) is 12.8 Å². The summed E-state index contributed by atoms with van der Waals surface area (Å²) in [7, 11) is 1.70. The molecule has 2 atom stereocenters. The number of hydrogen-bond acceptors (Lipinski definition) is 4. The van der Waals surface area contributed by atoms with E-state index in [1.807, 2.05) is 12.1 Å². The van der Waals surface area contributed by atoms with Gasteiger partial charge in [0.2, 0.25) is 0 Å². The Morgan fingerprint density at radius 1 is 0.780 bits per heavy atom. The van der Waals surface area contributed by atoms with Crippen LogP contribution in [-0.4, -0.2) is 19.8 Å². The second-order valence-electron chi connectivity index (χ2n) is 11.2. The molecule has 3 aliphatic rings. The topological polar surface area (TPSA) is 30.9 Å². The largest absolute Gasteiger partial charge is 0.497 e. The van der Waals surface area contributed by atoms with E-state index in [-0.39, 0.29) is 6.10 Å². The SMILES string of the molecule is COc1ccc(C2(c3ccc4c(c3)CC(C)O4)C=Cc3c(cc(N4CCc5ccccc54)c4ccccc34)O2)cc1. The van der Waals surface area contributed by atoms with Gasteiger partial charge in [0.25, 0.3) is 0 Å². The molecule has 0 N–H and O–H groups in total. The fourth-order valence-electron chi connectivity index (χ4n) is 6.80. The molecule has 41 heavy (non-hydrogen) atoms. The van der Waals surface area contributed by atoms with Crippen molar-refractivity contribution in [1.82, 2.24) is 0 Å². The number of benzene rings is 5. The first kappa shape index (κ1) is 24.1. The fraction of sp³-hybridized carbons (Fsp3) is 0.189. The molecule has 3 heterocycles. The van der Waals surface area contributed by atoms with E-state index in [2.05, 4.69) is 109 Å². The van der Waals surface area contributed by atoms with Crippen molar-refractivity contribution in [2.75, 3.05) is 18.6 Å². The molecule has 0 spiro atoms. The van der Waals surface area contributed by atoms with Crippen molar-refractivity contribution in [3.63, 3.8) is 0 Å². The van der Waals surface area contributed by atoms with E-state index in [0.29, 0.717) is 0 Å². The number of fused-ring (bicyclic) bond motifs is 5. The first-order chi connectivity index (χ1) is 20.1. The number of anilines is 2. The summed E-state index contributed by atoms with van der Waals surface area (Å²) < 4.78 is 18.8. The molecule has 0 bridgehead atoms. The summed E-state index contributed by atoms with van der Waals surface area (Å²) in [6.07, 6.45) is 6.58. The summed E-state index contributed by atoms with van der Waals surface area (Å²) in [5.74, 6) is 2.67. The van der Waals surface area contributed by atoms with Crippen LogP contribution in [0.25, 0.3) is 16.8 Å². The van der Waals surface area contributed by atoms with Crippen LogP contribution < -0.4 is 19.1 Å². The minimum Gasteiger partial charge on any atom is -0.497 e. The Labute approximate surface area is 240 Å². The third-order valence-electron chi connectivity index (χ3n) is 8.80. The first-order valence-electron chi connectivity index (χ1n) is 14.4. The lowest BCUT2D eigenvalue weighted by molar-refractivity contribution is 0.161. The van der Waals surface area contributed by atoms with Gasteiger partial charge in [-0.05, 0) is 72.3 Å². The average Bonchev–Trinajstić information content (AvgIpc) is 3.62. The molecule has 4 nitrogen and oxygen atoms in total. The number of nitrogens with zero attached hydrogens (tertiary/aromatic N) is 1. The van der Waals surface area contributed by atoms with Gasteiger partial charge in [0, 0.05) is 46.8 Å². The number of hydrogen-bond donors (Lipinski definition) is 0. The Balaban J connectivity index is 1.32. The van der Waals surface area contributed by atoms with Crippen molar-refractivity contribution in [3.05, 3.63) is 131 Å². The zero-order valence-electron chi connectivity index (χ0n) is 23.3. The van der Waals surface area contributed by atoms with Gasteiger partial charge < -0.3 is 19.1 Å². The summed E-state index contributed by atoms with van der Waals surface area (Å²) in [6.45, 7) is 3.07. The minimum absolute atomic E-state index is 0.179. The zero-order chi connectivity index (χ0) is 27.6. The van der Waals surface area contributed by atoms with Gasteiger partial charge in [0.1, 0.15) is 23.4 Å². The van der Waals surface area contributed by atoms with Gasteiger partial charge in [-0.15, -0.1) is 0 Å². The smallest absolute Gasteiger partial charge is 0.178 e. The van der Waals surface area contributed by atoms with Crippen LogP contribution in [0.15, 0.2) is 103 Å². The third kappa shape index (κ3) is 3.74. The van der Waals surface area contributed by atoms with Crippen LogP contribution >= 0.6 is 0 Å². The first-order valence-corrected chi connectivity index (χ1v) is 14.4. The van der Waals surface area contributed by atoms with Crippen molar-refractivity contribution in [2.24, 2.45) is 0 Å². The molecule has 0 saturated heterocycles. The Morgan fingerprint density at radius 3 is 2.41 bits per heavy atom. The highest BCUT2D eigenvalue weighted by Gasteiger charge is 2.39. The Kier molecular flexibility index (Phi) is 5.40. The maximum atomic E-state index is 7.25. The quantitative estimate of drug-likeness (QED) is 0.231. The van der Waals surface area contributed by atoms with E-state index in [1.54, 1.807) is 7.11 Å². The molecule has 0 radical (unpaired) electrons. The van der Waals surface area contributed by atoms with E-state index in [4.69, 9.17) is 14.2 Å². The summed E-state index contributed by atoms with van der Waals surface area (Å²) in [5.41, 5.74) is 7.51. The Morgan fingerprint density at radius 2 is 1.56 bits per heavy atom. The van der Waals surface area contributed by atoms with Gasteiger partial charge >= 0.3 is 0 Å². The monoisotopic (exact) mass is 537 g/mol. The van der Waals surface area contributed by atoms with E-state index >= 15 is 0 Å². The maximum Gasteiger partial charge on any atom is 0.178 e. The van der Waals surface area contributed by atoms with E-state index in [1.165, 1.54) is 33.3 Å². The number of para-hydroxylation sites is 1. The highest BCUT2D eigenvalue weighted by molar-refractivity contribution is 6.03. The average molecular weight is 538 g/mol. The molecule has 8 rings (SSSR count). The molecule has 5 aromatic rings. The standard InChI is InChI=1S/C37H31NO3/c1-24-21-26-22-28(13-16-35(26)40-24)37(27-11-14-29(39-2)15-12-27)19-17-32-30-8-4-5-9-31(30)34(23-36(32)41-37)38-20-18-25-7-3-6-10-33(25)38/h3-17,19,22-24H,18,20-21H2,1-2H3. The van der Waals surface area contributed by atoms with Gasteiger partial charge in [-0.2, -0.15) is 0 Å². The van der Waals surface area contributed by atoms with Crippen molar-refractivity contribution in [2.45, 2.75) is 31.5 Å². The van der Waals surface area contributed by atoms with Crippen LogP contribution in [0.3, 0.4) is 0 Å². The Bertz CT molecular complexity index is 1840. The van der Waals surface area contributed by atoms with E-state index in [9.17, 15) is 0 Å². The van der Waals surface area contributed by atoms with Gasteiger partial charge in [-0.1, -0.05) is 60.7 Å². The molecule has 0 fully saturated rings. The molecule has 4 heteroatoms. The third-order valence-corrected chi connectivity index (χ3v) is 8.80. The lowest BCUT2D eigenvalue weighted by Gasteiger charge is -2.37. The summed E-state index contributed by atoms with van der Waals surface area (Å²) in [4.78, 5) is 2.45. The van der Waals surface area contributed by atoms with Crippen molar-refractivity contribution < 1.29 is 14.2 Å². The zero-order valence-corrected chi connectivity index (χ0v) is 23.3. The van der Waals surface area contributed by atoms with Crippen LogP contribution in [0.2, 0.25) is 0 Å². The highest BCUT2D eigenvalue weighted by Crippen LogP contribution is 2.49. The molecule has 5 aromatic carbocycles. The number of rotatable bonds is 4. The molecular formula is C37H31NO3. The normalized spacial score (nSPS) is 20.2. The number of methoxy groups -OCH3 is 1. The molecule has 0 saturated carbocycles. The van der Waals surface area contributed by atoms with Gasteiger partial charge in [0.15, 0.2) is 5.60 Å². The predicted octanol–water partition coefficient (Wildman–Crippen LogP) is 8.22. The van der Waals surface area contributed by atoms with Crippen LogP contribution in [0.4, 0.5) is 11.4 Å². The second-order valence-corrected chi connectivity index (χ2v) is 11.2. The van der Waals surface area contributed by atoms with Crippen LogP contribution in [0.5, 0.6) is 17.2 Å².